The van der Waals surface area contributed by atoms with Gasteiger partial charge >= 0.3 is 0 Å². The molecule has 0 bridgehead atoms. The summed E-state index contributed by atoms with van der Waals surface area (Å²) in [6.45, 7) is 6.78. The van der Waals surface area contributed by atoms with E-state index in [0.29, 0.717) is 5.92 Å². The van der Waals surface area contributed by atoms with Crippen molar-refractivity contribution in [1.82, 2.24) is 0 Å². The number of nitrogens with one attached hydrogen (secondary N) is 1. The molecule has 1 aliphatic heterocycles. The smallest absolute Gasteiger partial charge is 0.0875 e. The molecule has 0 saturated carbocycles. The Morgan fingerprint density at radius 2 is 2.00 bits per heavy atom. The van der Waals surface area contributed by atoms with Gasteiger partial charge in [-0.1, -0.05) is 37.7 Å². The van der Waals surface area contributed by atoms with E-state index in [4.69, 9.17) is 0 Å². The topological polar surface area (TPSA) is 12.0 Å². The summed E-state index contributed by atoms with van der Waals surface area (Å²) in [7, 11) is 0. The SMILES string of the molecule is CC(C)C1(C)Nc2ccccc2S1. The lowest BCUT2D eigenvalue weighted by molar-refractivity contribution is 0.521. The van der Waals surface area contributed by atoms with Gasteiger partial charge in [0, 0.05) is 10.6 Å². The lowest BCUT2D eigenvalue weighted by Crippen LogP contribution is -2.32. The van der Waals surface area contributed by atoms with Crippen LogP contribution >= 0.6 is 11.8 Å². The number of rotatable bonds is 1. The normalized spacial score (nSPS) is 25.8. The summed E-state index contributed by atoms with van der Waals surface area (Å²) < 4.78 is 0. The van der Waals surface area contributed by atoms with Crippen LogP contribution in [0.4, 0.5) is 5.69 Å². The molecule has 0 radical (unpaired) electrons. The summed E-state index contributed by atoms with van der Waals surface area (Å²) in [4.78, 5) is 1.54. The molecule has 0 aliphatic carbocycles. The summed E-state index contributed by atoms with van der Waals surface area (Å²) in [6.07, 6.45) is 0. The molecular formula is C11H15NS. The van der Waals surface area contributed by atoms with E-state index in [0.717, 1.165) is 0 Å². The van der Waals surface area contributed by atoms with Gasteiger partial charge in [0.25, 0.3) is 0 Å². The van der Waals surface area contributed by atoms with Gasteiger partial charge < -0.3 is 5.32 Å². The molecule has 0 aromatic heterocycles. The maximum Gasteiger partial charge on any atom is 0.0875 e. The first-order valence-electron chi connectivity index (χ1n) is 4.68. The summed E-state index contributed by atoms with van der Waals surface area (Å²) in [5.41, 5.74) is 1.28. The van der Waals surface area contributed by atoms with Crippen LogP contribution in [-0.2, 0) is 0 Å². The van der Waals surface area contributed by atoms with Crippen LogP contribution in [0, 0.1) is 5.92 Å². The number of hydrogen-bond acceptors (Lipinski definition) is 2. The van der Waals surface area contributed by atoms with Gasteiger partial charge in [-0.05, 0) is 25.0 Å². The molecule has 70 valence electrons. The molecule has 2 heteroatoms. The molecule has 1 atom stereocenters. The van der Waals surface area contributed by atoms with Gasteiger partial charge in [-0.3, -0.25) is 0 Å². The van der Waals surface area contributed by atoms with Gasteiger partial charge in [-0.2, -0.15) is 0 Å². The predicted molar refractivity (Wildman–Crippen MR) is 59.2 cm³/mol. The minimum atomic E-state index is 0.170. The third-order valence-electron chi connectivity index (χ3n) is 2.69. The third-order valence-corrected chi connectivity index (χ3v) is 4.27. The van der Waals surface area contributed by atoms with Crippen molar-refractivity contribution in [1.29, 1.82) is 0 Å². The Hall–Kier alpha value is -0.630. The van der Waals surface area contributed by atoms with E-state index in [-0.39, 0.29) is 4.87 Å². The molecule has 1 nitrogen and oxygen atoms in total. The van der Waals surface area contributed by atoms with Gasteiger partial charge in [0.15, 0.2) is 0 Å². The molecular weight excluding hydrogens is 178 g/mol. The van der Waals surface area contributed by atoms with Crippen molar-refractivity contribution >= 4 is 17.4 Å². The van der Waals surface area contributed by atoms with Crippen LogP contribution in [0.3, 0.4) is 0 Å². The maximum absolute atomic E-state index is 3.57. The van der Waals surface area contributed by atoms with Crippen molar-refractivity contribution in [2.45, 2.75) is 30.5 Å². The molecule has 0 amide bonds. The van der Waals surface area contributed by atoms with Gasteiger partial charge in [0.2, 0.25) is 0 Å². The molecule has 1 unspecified atom stereocenters. The summed E-state index contributed by atoms with van der Waals surface area (Å²) in [5.74, 6) is 0.630. The molecule has 2 rings (SSSR count). The Balaban J connectivity index is 2.32. The van der Waals surface area contributed by atoms with Crippen molar-refractivity contribution in [3.63, 3.8) is 0 Å². The van der Waals surface area contributed by atoms with Crippen LogP contribution in [-0.4, -0.2) is 4.87 Å². The highest BCUT2D eigenvalue weighted by molar-refractivity contribution is 8.01. The Morgan fingerprint density at radius 3 is 2.62 bits per heavy atom. The van der Waals surface area contributed by atoms with E-state index in [2.05, 4.69) is 50.4 Å². The van der Waals surface area contributed by atoms with Crippen molar-refractivity contribution in [2.24, 2.45) is 5.92 Å². The number of hydrogen-bond donors (Lipinski definition) is 1. The Bertz CT molecular complexity index is 295. The molecule has 1 aromatic rings. The van der Waals surface area contributed by atoms with Crippen molar-refractivity contribution in [3.05, 3.63) is 24.3 Å². The van der Waals surface area contributed by atoms with E-state index in [1.807, 2.05) is 11.8 Å². The average molecular weight is 193 g/mol. The predicted octanol–water partition coefficient (Wildman–Crippen LogP) is 3.58. The van der Waals surface area contributed by atoms with Crippen molar-refractivity contribution < 1.29 is 0 Å². The van der Waals surface area contributed by atoms with Gasteiger partial charge in [0.05, 0.1) is 4.87 Å². The van der Waals surface area contributed by atoms with E-state index >= 15 is 0 Å². The van der Waals surface area contributed by atoms with Crippen molar-refractivity contribution in [3.8, 4) is 0 Å². The highest BCUT2D eigenvalue weighted by Crippen LogP contribution is 2.48. The number of fused-ring (bicyclic) bond motifs is 1. The second kappa shape index (κ2) is 2.95. The first kappa shape index (κ1) is 8.95. The quantitative estimate of drug-likeness (QED) is 0.731. The second-order valence-electron chi connectivity index (χ2n) is 3.98. The minimum Gasteiger partial charge on any atom is -0.370 e. The number of para-hydroxylation sites is 1. The molecule has 0 saturated heterocycles. The van der Waals surface area contributed by atoms with Gasteiger partial charge in [0.1, 0.15) is 0 Å². The molecule has 0 spiro atoms. The first-order valence-corrected chi connectivity index (χ1v) is 5.50. The van der Waals surface area contributed by atoms with Crippen molar-refractivity contribution in [2.75, 3.05) is 5.32 Å². The first-order chi connectivity index (χ1) is 6.12. The van der Waals surface area contributed by atoms with Crippen LogP contribution in [0.5, 0.6) is 0 Å². The zero-order valence-electron chi connectivity index (χ0n) is 8.29. The van der Waals surface area contributed by atoms with Crippen LogP contribution in [0.15, 0.2) is 29.2 Å². The Labute approximate surface area is 83.9 Å². The summed E-state index contributed by atoms with van der Waals surface area (Å²) >= 11 is 1.94. The minimum absolute atomic E-state index is 0.170. The average Bonchev–Trinajstić information content (AvgIpc) is 2.42. The highest BCUT2D eigenvalue weighted by Gasteiger charge is 2.35. The number of thioether (sulfide) groups is 1. The van der Waals surface area contributed by atoms with Crippen LogP contribution in [0.2, 0.25) is 0 Å². The highest BCUT2D eigenvalue weighted by atomic mass is 32.2. The Kier molecular flexibility index (Phi) is 2.03. The fraction of sp³-hybridized carbons (Fsp3) is 0.455. The summed E-state index contributed by atoms with van der Waals surface area (Å²) in [6, 6.07) is 8.51. The zero-order valence-corrected chi connectivity index (χ0v) is 9.11. The van der Waals surface area contributed by atoms with Crippen LogP contribution < -0.4 is 5.32 Å². The number of benzene rings is 1. The lowest BCUT2D eigenvalue weighted by Gasteiger charge is -2.28. The Morgan fingerprint density at radius 1 is 1.31 bits per heavy atom. The monoisotopic (exact) mass is 193 g/mol. The summed E-state index contributed by atoms with van der Waals surface area (Å²) in [5, 5.41) is 3.57. The molecule has 1 heterocycles. The van der Waals surface area contributed by atoms with E-state index in [1.165, 1.54) is 10.6 Å². The van der Waals surface area contributed by atoms with Crippen LogP contribution in [0.25, 0.3) is 0 Å². The fourth-order valence-corrected chi connectivity index (χ4v) is 2.67. The van der Waals surface area contributed by atoms with E-state index < -0.39 is 0 Å². The molecule has 1 N–H and O–H groups in total. The number of anilines is 1. The maximum atomic E-state index is 3.57. The zero-order chi connectivity index (χ0) is 9.47. The van der Waals surface area contributed by atoms with E-state index in [9.17, 15) is 0 Å². The molecule has 1 aromatic carbocycles. The van der Waals surface area contributed by atoms with Crippen LogP contribution in [0.1, 0.15) is 20.8 Å². The molecule has 13 heavy (non-hydrogen) atoms. The van der Waals surface area contributed by atoms with Gasteiger partial charge in [-0.25, -0.2) is 0 Å². The fourth-order valence-electron chi connectivity index (χ4n) is 1.44. The van der Waals surface area contributed by atoms with E-state index in [1.54, 1.807) is 0 Å². The standard InChI is InChI=1S/C11H15NS/c1-8(2)11(3)12-9-6-4-5-7-10(9)13-11/h4-8,12H,1-3H3. The molecule has 1 aliphatic rings. The van der Waals surface area contributed by atoms with Gasteiger partial charge in [-0.15, -0.1) is 0 Å². The molecule has 0 fully saturated rings. The lowest BCUT2D eigenvalue weighted by atomic mass is 10.1. The second-order valence-corrected chi connectivity index (χ2v) is 5.48. The largest absolute Gasteiger partial charge is 0.370 e. The third kappa shape index (κ3) is 1.44.